The molecule has 0 radical (unpaired) electrons. The van der Waals surface area contributed by atoms with E-state index in [-0.39, 0.29) is 5.56 Å². The molecule has 2 aromatic carbocycles. The summed E-state index contributed by atoms with van der Waals surface area (Å²) in [7, 11) is 0. The zero-order valence-electron chi connectivity index (χ0n) is 11.4. The molecule has 0 fully saturated rings. The summed E-state index contributed by atoms with van der Waals surface area (Å²) in [6.07, 6.45) is 0. The third kappa shape index (κ3) is 3.78. The van der Waals surface area contributed by atoms with Crippen molar-refractivity contribution in [2.75, 3.05) is 5.75 Å². The Morgan fingerprint density at radius 3 is 2.57 bits per heavy atom. The third-order valence-corrected chi connectivity index (χ3v) is 4.14. The monoisotopic (exact) mass is 312 g/mol. The van der Waals surface area contributed by atoms with Crippen LogP contribution in [0.2, 0.25) is 0 Å². The summed E-state index contributed by atoms with van der Waals surface area (Å²) in [5.74, 6) is 1.91. The maximum absolute atomic E-state index is 13.8. The second-order valence-corrected chi connectivity index (χ2v) is 5.70. The summed E-state index contributed by atoms with van der Waals surface area (Å²) in [5, 5.41) is 0. The van der Waals surface area contributed by atoms with Gasteiger partial charge in [0.05, 0.1) is 6.04 Å². The highest BCUT2D eigenvalue weighted by Gasteiger charge is 2.20. The second-order valence-electron chi connectivity index (χ2n) is 4.61. The summed E-state index contributed by atoms with van der Waals surface area (Å²) in [6, 6.07) is 9.28. The predicted molar refractivity (Wildman–Crippen MR) is 78.3 cm³/mol. The minimum Gasteiger partial charge on any atom is -0.271 e. The zero-order valence-corrected chi connectivity index (χ0v) is 12.2. The van der Waals surface area contributed by atoms with E-state index in [0.29, 0.717) is 5.75 Å². The lowest BCUT2D eigenvalue weighted by atomic mass is 10.1. The SMILES string of the molecule is Cc1cccc(SCC(NN)c2ccc(F)c(F)c2F)c1. The molecule has 1 atom stereocenters. The lowest BCUT2D eigenvalue weighted by molar-refractivity contribution is 0.431. The van der Waals surface area contributed by atoms with Crippen LogP contribution in [0.15, 0.2) is 41.3 Å². The van der Waals surface area contributed by atoms with E-state index in [4.69, 9.17) is 5.84 Å². The fourth-order valence-corrected chi connectivity index (χ4v) is 3.00. The number of rotatable bonds is 5. The first-order valence-electron chi connectivity index (χ1n) is 6.32. The molecule has 0 bridgehead atoms. The van der Waals surface area contributed by atoms with Crippen LogP contribution in [0.25, 0.3) is 0 Å². The highest BCUT2D eigenvalue weighted by Crippen LogP contribution is 2.27. The van der Waals surface area contributed by atoms with E-state index < -0.39 is 23.5 Å². The Labute approximate surface area is 125 Å². The number of nitrogens with two attached hydrogens (primary N) is 1. The van der Waals surface area contributed by atoms with Gasteiger partial charge in [-0.1, -0.05) is 23.8 Å². The molecule has 0 amide bonds. The smallest absolute Gasteiger partial charge is 0.194 e. The fourth-order valence-electron chi connectivity index (χ4n) is 1.92. The van der Waals surface area contributed by atoms with Crippen molar-refractivity contribution in [2.24, 2.45) is 5.84 Å². The van der Waals surface area contributed by atoms with Crippen molar-refractivity contribution in [2.45, 2.75) is 17.9 Å². The van der Waals surface area contributed by atoms with Gasteiger partial charge in [-0.05, 0) is 25.1 Å². The number of hydrogen-bond donors (Lipinski definition) is 2. The minimum absolute atomic E-state index is 0.0107. The van der Waals surface area contributed by atoms with Gasteiger partial charge in [0.15, 0.2) is 17.5 Å². The van der Waals surface area contributed by atoms with E-state index in [1.807, 2.05) is 31.2 Å². The van der Waals surface area contributed by atoms with Crippen LogP contribution in [0.3, 0.4) is 0 Å². The first-order chi connectivity index (χ1) is 10.0. The molecule has 0 aliphatic heterocycles. The van der Waals surface area contributed by atoms with Gasteiger partial charge < -0.3 is 0 Å². The molecule has 2 aromatic rings. The highest BCUT2D eigenvalue weighted by molar-refractivity contribution is 7.99. The van der Waals surface area contributed by atoms with E-state index in [1.54, 1.807) is 0 Å². The van der Waals surface area contributed by atoms with Crippen LogP contribution < -0.4 is 11.3 Å². The molecule has 0 saturated heterocycles. The van der Waals surface area contributed by atoms with Gasteiger partial charge in [0.25, 0.3) is 0 Å². The van der Waals surface area contributed by atoms with Gasteiger partial charge in [0.1, 0.15) is 0 Å². The molecule has 2 nitrogen and oxygen atoms in total. The number of thioether (sulfide) groups is 1. The van der Waals surface area contributed by atoms with Crippen molar-refractivity contribution in [3.8, 4) is 0 Å². The largest absolute Gasteiger partial charge is 0.271 e. The Morgan fingerprint density at radius 1 is 1.14 bits per heavy atom. The molecule has 0 saturated carbocycles. The normalized spacial score (nSPS) is 12.4. The summed E-state index contributed by atoms with van der Waals surface area (Å²) in [5.41, 5.74) is 3.56. The molecule has 0 spiro atoms. The van der Waals surface area contributed by atoms with Crippen molar-refractivity contribution >= 4 is 11.8 Å². The highest BCUT2D eigenvalue weighted by atomic mass is 32.2. The van der Waals surface area contributed by atoms with Crippen LogP contribution in [-0.2, 0) is 0 Å². The van der Waals surface area contributed by atoms with E-state index in [9.17, 15) is 13.2 Å². The first kappa shape index (κ1) is 15.9. The zero-order chi connectivity index (χ0) is 15.4. The summed E-state index contributed by atoms with van der Waals surface area (Å²) in [6.45, 7) is 1.97. The Morgan fingerprint density at radius 2 is 1.90 bits per heavy atom. The Hall–Kier alpha value is -1.50. The first-order valence-corrected chi connectivity index (χ1v) is 7.30. The number of hydrogen-bond acceptors (Lipinski definition) is 3. The molecule has 6 heteroatoms. The standard InChI is InChI=1S/C15H15F3N2S/c1-9-3-2-4-10(7-9)21-8-13(20-19)11-5-6-12(16)15(18)14(11)17/h2-7,13,20H,8,19H2,1H3. The molecule has 1 unspecified atom stereocenters. The van der Waals surface area contributed by atoms with Gasteiger partial charge in [0, 0.05) is 16.2 Å². The van der Waals surface area contributed by atoms with Gasteiger partial charge in [0.2, 0.25) is 0 Å². The third-order valence-electron chi connectivity index (χ3n) is 3.05. The van der Waals surface area contributed by atoms with Crippen LogP contribution in [0.1, 0.15) is 17.2 Å². The van der Waals surface area contributed by atoms with Crippen LogP contribution in [0.5, 0.6) is 0 Å². The van der Waals surface area contributed by atoms with Crippen molar-refractivity contribution < 1.29 is 13.2 Å². The molecular weight excluding hydrogens is 297 g/mol. The average molecular weight is 312 g/mol. The molecule has 0 aliphatic rings. The Balaban J connectivity index is 2.15. The molecule has 0 aliphatic carbocycles. The average Bonchev–Trinajstić information content (AvgIpc) is 2.47. The maximum atomic E-state index is 13.8. The van der Waals surface area contributed by atoms with Crippen LogP contribution in [0.4, 0.5) is 13.2 Å². The van der Waals surface area contributed by atoms with E-state index in [2.05, 4.69) is 5.43 Å². The molecule has 0 aromatic heterocycles. The van der Waals surface area contributed by atoms with Gasteiger partial charge in [-0.25, -0.2) is 13.2 Å². The number of nitrogens with one attached hydrogen (secondary N) is 1. The number of hydrazine groups is 1. The summed E-state index contributed by atoms with van der Waals surface area (Å²) < 4.78 is 40.0. The Kier molecular flexibility index (Phi) is 5.27. The van der Waals surface area contributed by atoms with Crippen molar-refractivity contribution in [1.82, 2.24) is 5.43 Å². The number of benzene rings is 2. The Bertz CT molecular complexity index is 634. The molecule has 3 N–H and O–H groups in total. The molecular formula is C15H15F3N2S. The molecule has 21 heavy (non-hydrogen) atoms. The minimum atomic E-state index is -1.48. The van der Waals surface area contributed by atoms with E-state index in [1.165, 1.54) is 17.8 Å². The quantitative estimate of drug-likeness (QED) is 0.382. The summed E-state index contributed by atoms with van der Waals surface area (Å²) >= 11 is 1.46. The number of aryl methyl sites for hydroxylation is 1. The second kappa shape index (κ2) is 6.98. The summed E-state index contributed by atoms with van der Waals surface area (Å²) in [4.78, 5) is 0.998. The van der Waals surface area contributed by atoms with Gasteiger partial charge in [-0.15, -0.1) is 11.8 Å². The molecule has 112 valence electrons. The van der Waals surface area contributed by atoms with Crippen molar-refractivity contribution in [3.63, 3.8) is 0 Å². The van der Waals surface area contributed by atoms with E-state index >= 15 is 0 Å². The van der Waals surface area contributed by atoms with Crippen LogP contribution in [-0.4, -0.2) is 5.75 Å². The van der Waals surface area contributed by atoms with Gasteiger partial charge in [-0.3, -0.25) is 11.3 Å². The molecule has 0 heterocycles. The van der Waals surface area contributed by atoms with Gasteiger partial charge >= 0.3 is 0 Å². The predicted octanol–water partition coefficient (Wildman–Crippen LogP) is 3.71. The van der Waals surface area contributed by atoms with Crippen LogP contribution in [0, 0.1) is 24.4 Å². The molecule has 2 rings (SSSR count). The van der Waals surface area contributed by atoms with Crippen LogP contribution >= 0.6 is 11.8 Å². The maximum Gasteiger partial charge on any atom is 0.194 e. The topological polar surface area (TPSA) is 38.0 Å². The lowest BCUT2D eigenvalue weighted by Crippen LogP contribution is -2.30. The van der Waals surface area contributed by atoms with Crippen molar-refractivity contribution in [1.29, 1.82) is 0 Å². The van der Waals surface area contributed by atoms with Crippen molar-refractivity contribution in [3.05, 3.63) is 65.0 Å². The lowest BCUT2D eigenvalue weighted by Gasteiger charge is -2.17. The number of halogens is 3. The fraction of sp³-hybridized carbons (Fsp3) is 0.200. The van der Waals surface area contributed by atoms with E-state index in [0.717, 1.165) is 16.5 Å². The van der Waals surface area contributed by atoms with Gasteiger partial charge in [-0.2, -0.15) is 0 Å².